The third kappa shape index (κ3) is 8.27. The highest BCUT2D eigenvalue weighted by molar-refractivity contribution is 7.98. The molecule has 0 saturated heterocycles. The van der Waals surface area contributed by atoms with Gasteiger partial charge in [-0.3, -0.25) is 0 Å². The molecule has 0 aromatic heterocycles. The summed E-state index contributed by atoms with van der Waals surface area (Å²) in [5.74, 6) is 0.906. The number of thioether (sulfide) groups is 1. The van der Waals surface area contributed by atoms with Gasteiger partial charge in [0.1, 0.15) is 6.61 Å². The first kappa shape index (κ1) is 11.4. The van der Waals surface area contributed by atoms with E-state index in [9.17, 15) is 4.57 Å². The second-order valence-corrected chi connectivity index (χ2v) is 4.38. The van der Waals surface area contributed by atoms with Crippen molar-refractivity contribution >= 4 is 19.8 Å². The zero-order valence-corrected chi connectivity index (χ0v) is 8.50. The SMILES string of the molecule is CSCCO[P+](=O)CCCN. The zero-order valence-electron chi connectivity index (χ0n) is 6.78. The lowest BCUT2D eigenvalue weighted by Crippen LogP contribution is -2.00. The molecule has 0 aromatic rings. The standard InChI is InChI=1S/C6H15NO2PS/c1-11-6-4-9-10(8)5-2-3-7/h2-7H2,1H3/q+1. The van der Waals surface area contributed by atoms with Gasteiger partial charge in [-0.2, -0.15) is 11.8 Å². The molecule has 0 bridgehead atoms. The fourth-order valence-corrected chi connectivity index (χ4v) is 1.75. The average molecular weight is 196 g/mol. The van der Waals surface area contributed by atoms with Gasteiger partial charge >= 0.3 is 8.03 Å². The van der Waals surface area contributed by atoms with E-state index in [-0.39, 0.29) is 0 Å². The monoisotopic (exact) mass is 196 g/mol. The van der Waals surface area contributed by atoms with Crippen LogP contribution in [0.15, 0.2) is 0 Å². The minimum absolute atomic E-state index is 0.584. The second kappa shape index (κ2) is 8.47. The average Bonchev–Trinajstić information content (AvgIpc) is 2.01. The van der Waals surface area contributed by atoms with Crippen molar-refractivity contribution in [2.24, 2.45) is 5.73 Å². The van der Waals surface area contributed by atoms with Gasteiger partial charge in [-0.05, 0) is 17.4 Å². The summed E-state index contributed by atoms with van der Waals surface area (Å²) in [6, 6.07) is 0. The summed E-state index contributed by atoms with van der Waals surface area (Å²) in [5, 5.41) is 0. The first-order valence-corrected chi connectivity index (χ1v) is 6.33. The maximum absolute atomic E-state index is 10.9. The van der Waals surface area contributed by atoms with Crippen LogP contribution in [0.2, 0.25) is 0 Å². The van der Waals surface area contributed by atoms with Crippen LogP contribution in [0.25, 0.3) is 0 Å². The van der Waals surface area contributed by atoms with E-state index in [1.807, 2.05) is 6.26 Å². The highest BCUT2D eigenvalue weighted by Gasteiger charge is 2.14. The Morgan fingerprint density at radius 3 is 2.91 bits per heavy atom. The van der Waals surface area contributed by atoms with Crippen LogP contribution in [-0.4, -0.2) is 31.3 Å². The topological polar surface area (TPSA) is 52.3 Å². The summed E-state index contributed by atoms with van der Waals surface area (Å²) in [4.78, 5) is 0. The normalized spacial score (nSPS) is 11.6. The number of hydrogen-bond acceptors (Lipinski definition) is 4. The predicted molar refractivity (Wildman–Crippen MR) is 50.5 cm³/mol. The molecule has 3 nitrogen and oxygen atoms in total. The van der Waals surface area contributed by atoms with Crippen LogP contribution in [0.4, 0.5) is 0 Å². The molecule has 0 rings (SSSR count). The zero-order chi connectivity index (χ0) is 8.53. The first-order valence-electron chi connectivity index (χ1n) is 3.58. The molecule has 2 N–H and O–H groups in total. The number of nitrogens with two attached hydrogens (primary N) is 1. The second-order valence-electron chi connectivity index (χ2n) is 2.02. The van der Waals surface area contributed by atoms with Gasteiger partial charge in [0.05, 0.1) is 0 Å². The summed E-state index contributed by atoms with van der Waals surface area (Å²) in [5.41, 5.74) is 5.24. The van der Waals surface area contributed by atoms with Gasteiger partial charge in [0.2, 0.25) is 0 Å². The maximum Gasteiger partial charge on any atom is 0.508 e. The molecular weight excluding hydrogens is 181 g/mol. The minimum Gasteiger partial charge on any atom is -0.330 e. The van der Waals surface area contributed by atoms with Gasteiger partial charge in [0.25, 0.3) is 0 Å². The molecule has 5 heteroatoms. The van der Waals surface area contributed by atoms with Crippen LogP contribution in [0.1, 0.15) is 6.42 Å². The Morgan fingerprint density at radius 2 is 2.36 bits per heavy atom. The quantitative estimate of drug-likeness (QED) is 0.494. The molecule has 0 aromatic carbocycles. The predicted octanol–water partition coefficient (Wildman–Crippen LogP) is 1.46. The van der Waals surface area contributed by atoms with Crippen molar-refractivity contribution in [1.82, 2.24) is 0 Å². The Labute approximate surface area is 72.9 Å². The largest absolute Gasteiger partial charge is 0.508 e. The highest BCUT2D eigenvalue weighted by Crippen LogP contribution is 2.22. The van der Waals surface area contributed by atoms with Crippen molar-refractivity contribution in [1.29, 1.82) is 0 Å². The molecule has 0 radical (unpaired) electrons. The van der Waals surface area contributed by atoms with Crippen molar-refractivity contribution in [3.8, 4) is 0 Å². The van der Waals surface area contributed by atoms with Crippen molar-refractivity contribution in [3.63, 3.8) is 0 Å². The molecule has 0 fully saturated rings. The molecule has 66 valence electrons. The van der Waals surface area contributed by atoms with Gasteiger partial charge in [0, 0.05) is 12.2 Å². The van der Waals surface area contributed by atoms with E-state index in [4.69, 9.17) is 10.3 Å². The fourth-order valence-electron chi connectivity index (χ4n) is 0.507. The van der Waals surface area contributed by atoms with E-state index in [1.54, 1.807) is 11.8 Å². The third-order valence-electron chi connectivity index (χ3n) is 1.07. The van der Waals surface area contributed by atoms with E-state index in [2.05, 4.69) is 0 Å². The molecule has 0 saturated carbocycles. The third-order valence-corrected chi connectivity index (χ3v) is 2.79. The van der Waals surface area contributed by atoms with Gasteiger partial charge in [-0.25, -0.2) is 0 Å². The Balaban J connectivity index is 3.09. The fraction of sp³-hybridized carbons (Fsp3) is 1.00. The summed E-state index contributed by atoms with van der Waals surface area (Å²) < 4.78 is 16.0. The molecule has 0 heterocycles. The molecule has 1 atom stereocenters. The molecule has 0 amide bonds. The Hall–Kier alpha value is 0.370. The number of rotatable bonds is 7. The summed E-state index contributed by atoms with van der Waals surface area (Å²) in [6.07, 6.45) is 3.38. The summed E-state index contributed by atoms with van der Waals surface area (Å²) in [6.45, 7) is 1.17. The van der Waals surface area contributed by atoms with Gasteiger partial charge in [-0.15, -0.1) is 4.52 Å². The Bertz CT molecular complexity index is 113. The van der Waals surface area contributed by atoms with Crippen LogP contribution in [0.5, 0.6) is 0 Å². The smallest absolute Gasteiger partial charge is 0.330 e. The van der Waals surface area contributed by atoms with E-state index in [0.29, 0.717) is 19.3 Å². The molecular formula is C6H15NO2PS+. The lowest BCUT2D eigenvalue weighted by atomic mass is 10.5. The minimum atomic E-state index is -1.44. The van der Waals surface area contributed by atoms with E-state index >= 15 is 0 Å². The van der Waals surface area contributed by atoms with Crippen molar-refractivity contribution in [2.45, 2.75) is 6.42 Å². The summed E-state index contributed by atoms with van der Waals surface area (Å²) in [7, 11) is -1.44. The Kier molecular flexibility index (Phi) is 8.75. The molecule has 0 aliphatic rings. The van der Waals surface area contributed by atoms with Crippen LogP contribution >= 0.6 is 19.8 Å². The lowest BCUT2D eigenvalue weighted by molar-refractivity contribution is 0.353. The van der Waals surface area contributed by atoms with Crippen LogP contribution in [0.3, 0.4) is 0 Å². The molecule has 1 unspecified atom stereocenters. The van der Waals surface area contributed by atoms with Gasteiger partial charge in [-0.1, -0.05) is 0 Å². The highest BCUT2D eigenvalue weighted by atomic mass is 32.2. The van der Waals surface area contributed by atoms with Gasteiger partial charge in [0.15, 0.2) is 6.16 Å². The van der Waals surface area contributed by atoms with Gasteiger partial charge < -0.3 is 5.73 Å². The molecule has 0 aliphatic carbocycles. The van der Waals surface area contributed by atoms with Crippen molar-refractivity contribution in [3.05, 3.63) is 0 Å². The molecule has 0 spiro atoms. The first-order chi connectivity index (χ1) is 5.31. The van der Waals surface area contributed by atoms with Crippen LogP contribution < -0.4 is 5.73 Å². The number of hydrogen-bond donors (Lipinski definition) is 1. The molecule has 11 heavy (non-hydrogen) atoms. The van der Waals surface area contributed by atoms with E-state index < -0.39 is 8.03 Å². The lowest BCUT2D eigenvalue weighted by Gasteiger charge is -1.89. The van der Waals surface area contributed by atoms with Crippen LogP contribution in [-0.2, 0) is 9.09 Å². The molecule has 0 aliphatic heterocycles. The maximum atomic E-state index is 10.9. The van der Waals surface area contributed by atoms with E-state index in [1.165, 1.54) is 0 Å². The van der Waals surface area contributed by atoms with Crippen molar-refractivity contribution < 1.29 is 9.09 Å². The Morgan fingerprint density at radius 1 is 1.64 bits per heavy atom. The van der Waals surface area contributed by atoms with E-state index in [0.717, 1.165) is 12.2 Å². The van der Waals surface area contributed by atoms with Crippen LogP contribution in [0, 0.1) is 0 Å². The summed E-state index contributed by atoms with van der Waals surface area (Å²) >= 11 is 1.69. The van der Waals surface area contributed by atoms with Crippen molar-refractivity contribution in [2.75, 3.05) is 31.3 Å².